The Morgan fingerprint density at radius 3 is 2.46 bits per heavy atom. The monoisotopic (exact) mass is 496 g/mol. The molecule has 2 aromatic rings. The van der Waals surface area contributed by atoms with Crippen molar-refractivity contribution in [1.82, 2.24) is 20.4 Å². The highest BCUT2D eigenvalue weighted by Gasteiger charge is 2.51. The van der Waals surface area contributed by atoms with Crippen molar-refractivity contribution >= 4 is 41.2 Å². The lowest BCUT2D eigenvalue weighted by atomic mass is 9.95. The molecule has 0 bridgehead atoms. The third kappa shape index (κ3) is 5.16. The van der Waals surface area contributed by atoms with Crippen molar-refractivity contribution in [2.75, 3.05) is 25.2 Å². The topological polar surface area (TPSA) is 137 Å². The van der Waals surface area contributed by atoms with Gasteiger partial charge in [0.1, 0.15) is 0 Å². The molecule has 2 fully saturated rings. The minimum Gasteiger partial charge on any atom is -0.366 e. The van der Waals surface area contributed by atoms with Crippen LogP contribution in [-0.4, -0.2) is 64.9 Å². The van der Waals surface area contributed by atoms with Gasteiger partial charge in [-0.05, 0) is 36.8 Å². The fourth-order valence-corrected chi connectivity index (χ4v) is 5.43. The standard InChI is InChI=1S/C24H28N6O4S/c1-13-5-4-6-15(11-13)20-27-21-18(23(33)30(3)24(34)29(21)2)22(28-20)35-12-17(31)26-16-9-7-14(8-10-16)19(25)32/h4-11,18,20-22,27-28H,12H2,1-3H3,(H2,25,32)(H,26,31). The molecule has 2 aromatic carbocycles. The lowest BCUT2D eigenvalue weighted by Crippen LogP contribution is -2.72. The molecule has 4 atom stereocenters. The third-order valence-electron chi connectivity index (χ3n) is 6.18. The number of anilines is 1. The highest BCUT2D eigenvalue weighted by Crippen LogP contribution is 2.34. The van der Waals surface area contributed by atoms with Gasteiger partial charge < -0.3 is 16.0 Å². The SMILES string of the molecule is Cc1cccc(C2NC(SCC(=O)Nc3ccc(C(N)=O)cc3)C3C(=O)N(C)C(=O)N(C)C3N2)c1. The van der Waals surface area contributed by atoms with Crippen LogP contribution in [0.2, 0.25) is 0 Å². The molecule has 4 rings (SSSR count). The van der Waals surface area contributed by atoms with Crippen molar-refractivity contribution in [1.29, 1.82) is 0 Å². The molecule has 5 amide bonds. The molecule has 0 aliphatic carbocycles. The van der Waals surface area contributed by atoms with E-state index in [9.17, 15) is 19.2 Å². The number of rotatable bonds is 6. The minimum atomic E-state index is -0.587. The first-order chi connectivity index (χ1) is 16.7. The quantitative estimate of drug-likeness (QED) is 0.475. The molecule has 184 valence electrons. The van der Waals surface area contributed by atoms with Gasteiger partial charge in [-0.3, -0.25) is 29.9 Å². The van der Waals surface area contributed by atoms with Crippen LogP contribution in [0, 0.1) is 12.8 Å². The third-order valence-corrected chi connectivity index (χ3v) is 7.40. The number of nitrogens with zero attached hydrogens (tertiary/aromatic N) is 2. The molecule has 2 aliphatic rings. The number of carbonyl (C=O) groups is 4. The number of nitrogens with one attached hydrogen (secondary N) is 3. The molecule has 0 spiro atoms. The summed E-state index contributed by atoms with van der Waals surface area (Å²) in [6.07, 6.45) is -0.843. The van der Waals surface area contributed by atoms with E-state index in [2.05, 4.69) is 16.0 Å². The van der Waals surface area contributed by atoms with E-state index in [0.29, 0.717) is 11.3 Å². The largest absolute Gasteiger partial charge is 0.366 e. The van der Waals surface area contributed by atoms with E-state index in [0.717, 1.165) is 16.0 Å². The minimum absolute atomic E-state index is 0.0770. The molecule has 0 saturated carbocycles. The average molecular weight is 497 g/mol. The van der Waals surface area contributed by atoms with Gasteiger partial charge in [-0.25, -0.2) is 4.79 Å². The first-order valence-electron chi connectivity index (χ1n) is 11.1. The first-order valence-corrected chi connectivity index (χ1v) is 12.1. The lowest BCUT2D eigenvalue weighted by molar-refractivity contribution is -0.140. The van der Waals surface area contributed by atoms with Crippen molar-refractivity contribution in [2.45, 2.75) is 24.6 Å². The summed E-state index contributed by atoms with van der Waals surface area (Å²) in [6.45, 7) is 2.00. The number of aryl methyl sites for hydroxylation is 1. The van der Waals surface area contributed by atoms with Gasteiger partial charge in [0, 0.05) is 25.3 Å². The summed E-state index contributed by atoms with van der Waals surface area (Å²) in [6, 6.07) is 13.9. The van der Waals surface area contributed by atoms with Gasteiger partial charge >= 0.3 is 6.03 Å². The second kappa shape index (κ2) is 10.1. The van der Waals surface area contributed by atoms with Crippen molar-refractivity contribution in [2.24, 2.45) is 11.7 Å². The first kappa shape index (κ1) is 24.7. The van der Waals surface area contributed by atoms with Gasteiger partial charge in [-0.2, -0.15) is 0 Å². The zero-order valence-electron chi connectivity index (χ0n) is 19.6. The Bertz CT molecular complexity index is 1160. The zero-order chi connectivity index (χ0) is 25.3. The number of hydrogen-bond donors (Lipinski definition) is 4. The second-order valence-corrected chi connectivity index (χ2v) is 9.79. The van der Waals surface area contributed by atoms with E-state index in [-0.39, 0.29) is 29.8 Å². The number of fused-ring (bicyclic) bond motifs is 1. The molecular weight excluding hydrogens is 468 g/mol. The van der Waals surface area contributed by atoms with Crippen LogP contribution in [0.4, 0.5) is 10.5 Å². The van der Waals surface area contributed by atoms with Crippen molar-refractivity contribution < 1.29 is 19.2 Å². The summed E-state index contributed by atoms with van der Waals surface area (Å²) in [7, 11) is 3.13. The van der Waals surface area contributed by atoms with Crippen molar-refractivity contribution in [3.05, 3.63) is 65.2 Å². The maximum atomic E-state index is 13.1. The average Bonchev–Trinajstić information content (AvgIpc) is 2.84. The number of hydrogen-bond acceptors (Lipinski definition) is 7. The molecule has 0 radical (unpaired) electrons. The smallest absolute Gasteiger partial charge is 0.327 e. The van der Waals surface area contributed by atoms with Crippen LogP contribution in [-0.2, 0) is 9.59 Å². The van der Waals surface area contributed by atoms with E-state index in [1.165, 1.54) is 23.7 Å². The Morgan fingerprint density at radius 2 is 1.80 bits per heavy atom. The highest BCUT2D eigenvalue weighted by molar-refractivity contribution is 8.00. The number of amides is 5. The van der Waals surface area contributed by atoms with E-state index in [1.807, 2.05) is 31.2 Å². The number of nitrogens with two attached hydrogens (primary N) is 1. The van der Waals surface area contributed by atoms with E-state index < -0.39 is 23.4 Å². The van der Waals surface area contributed by atoms with Crippen LogP contribution in [0.1, 0.15) is 27.7 Å². The maximum absolute atomic E-state index is 13.1. The van der Waals surface area contributed by atoms with Gasteiger partial charge in [-0.1, -0.05) is 29.8 Å². The van der Waals surface area contributed by atoms with Gasteiger partial charge in [0.2, 0.25) is 17.7 Å². The Balaban J connectivity index is 1.51. The van der Waals surface area contributed by atoms with Crippen LogP contribution in [0.15, 0.2) is 48.5 Å². The predicted molar refractivity (Wildman–Crippen MR) is 133 cm³/mol. The number of benzene rings is 2. The number of thioether (sulfide) groups is 1. The number of primary amides is 1. The number of imide groups is 1. The Hall–Kier alpha value is -3.41. The van der Waals surface area contributed by atoms with Crippen LogP contribution < -0.4 is 21.7 Å². The summed E-state index contributed by atoms with van der Waals surface area (Å²) in [5.74, 6) is -1.61. The van der Waals surface area contributed by atoms with E-state index in [4.69, 9.17) is 5.73 Å². The summed E-state index contributed by atoms with van der Waals surface area (Å²) < 4.78 is 0. The lowest BCUT2D eigenvalue weighted by Gasteiger charge is -2.50. The molecule has 35 heavy (non-hydrogen) atoms. The normalized spacial score (nSPS) is 24.2. The van der Waals surface area contributed by atoms with Gasteiger partial charge in [0.15, 0.2) is 0 Å². The second-order valence-electron chi connectivity index (χ2n) is 8.66. The Morgan fingerprint density at radius 1 is 1.09 bits per heavy atom. The Kier molecular flexibility index (Phi) is 7.10. The fraction of sp³-hybridized carbons (Fsp3) is 0.333. The van der Waals surface area contributed by atoms with E-state index in [1.54, 1.807) is 31.3 Å². The maximum Gasteiger partial charge on any atom is 0.327 e. The zero-order valence-corrected chi connectivity index (χ0v) is 20.5. The van der Waals surface area contributed by atoms with Gasteiger partial charge in [0.05, 0.1) is 29.4 Å². The van der Waals surface area contributed by atoms with Crippen LogP contribution >= 0.6 is 11.8 Å². The molecule has 0 aromatic heterocycles. The van der Waals surface area contributed by atoms with Gasteiger partial charge in [0.25, 0.3) is 0 Å². The Labute approximate surface area is 207 Å². The molecule has 2 saturated heterocycles. The number of carbonyl (C=O) groups excluding carboxylic acids is 4. The molecular formula is C24H28N6O4S. The fourth-order valence-electron chi connectivity index (χ4n) is 4.32. The molecule has 4 unspecified atom stereocenters. The summed E-state index contributed by atoms with van der Waals surface area (Å²) in [5.41, 5.74) is 8.20. The molecule has 11 heteroatoms. The number of urea groups is 1. The molecule has 10 nitrogen and oxygen atoms in total. The van der Waals surface area contributed by atoms with Crippen molar-refractivity contribution in [3.8, 4) is 0 Å². The molecule has 5 N–H and O–H groups in total. The summed E-state index contributed by atoms with van der Waals surface area (Å²) in [4.78, 5) is 52.2. The molecule has 2 aliphatic heterocycles. The predicted octanol–water partition coefficient (Wildman–Crippen LogP) is 1.45. The van der Waals surface area contributed by atoms with Gasteiger partial charge in [-0.15, -0.1) is 11.8 Å². The van der Waals surface area contributed by atoms with E-state index >= 15 is 0 Å². The van der Waals surface area contributed by atoms with Crippen molar-refractivity contribution in [3.63, 3.8) is 0 Å². The molecule has 2 heterocycles. The highest BCUT2D eigenvalue weighted by atomic mass is 32.2. The van der Waals surface area contributed by atoms with Crippen LogP contribution in [0.3, 0.4) is 0 Å². The summed E-state index contributed by atoms with van der Waals surface area (Å²) >= 11 is 1.31. The van der Waals surface area contributed by atoms with Crippen LogP contribution in [0.5, 0.6) is 0 Å². The van der Waals surface area contributed by atoms with Crippen LogP contribution in [0.25, 0.3) is 0 Å². The summed E-state index contributed by atoms with van der Waals surface area (Å²) in [5, 5.41) is 9.21.